The largest absolute Gasteiger partial charge is 0.494 e. The van der Waals surface area contributed by atoms with Gasteiger partial charge >= 0.3 is 0 Å². The Bertz CT molecular complexity index is 331. The molecule has 1 aliphatic carbocycles. The molecule has 2 nitrogen and oxygen atoms in total. The Balaban J connectivity index is 2.17. The van der Waals surface area contributed by atoms with Crippen LogP contribution in [0.4, 0.5) is 0 Å². The zero-order valence-electron chi connectivity index (χ0n) is 9.33. The normalized spacial score (nSPS) is 17.5. The highest BCUT2D eigenvalue weighted by Crippen LogP contribution is 2.51. The Hall–Kier alpha value is -1.02. The van der Waals surface area contributed by atoms with Gasteiger partial charge in [-0.25, -0.2) is 0 Å². The van der Waals surface area contributed by atoms with Gasteiger partial charge in [-0.3, -0.25) is 0 Å². The molecule has 1 aromatic carbocycles. The zero-order valence-corrected chi connectivity index (χ0v) is 9.33. The second-order valence-corrected chi connectivity index (χ2v) is 4.28. The predicted molar refractivity (Wildman–Crippen MR) is 62.2 cm³/mol. The van der Waals surface area contributed by atoms with Crippen LogP contribution in [-0.4, -0.2) is 13.2 Å². The molecule has 0 saturated heterocycles. The van der Waals surface area contributed by atoms with Crippen LogP contribution < -0.4 is 10.5 Å². The van der Waals surface area contributed by atoms with E-state index in [9.17, 15) is 0 Å². The summed E-state index contributed by atoms with van der Waals surface area (Å²) in [5.74, 6) is 0.985. The predicted octanol–water partition coefficient (Wildman–Crippen LogP) is 2.47. The second-order valence-electron chi connectivity index (χ2n) is 4.28. The maximum Gasteiger partial charge on any atom is 0.119 e. The van der Waals surface area contributed by atoms with E-state index < -0.39 is 0 Å². The van der Waals surface area contributed by atoms with Crippen LogP contribution in [0.1, 0.15) is 31.7 Å². The molecule has 0 unspecified atom stereocenters. The average molecular weight is 205 g/mol. The Kier molecular flexibility index (Phi) is 2.96. The molecule has 0 atom stereocenters. The van der Waals surface area contributed by atoms with Crippen molar-refractivity contribution in [3.63, 3.8) is 0 Å². The molecular formula is C13H19NO. The summed E-state index contributed by atoms with van der Waals surface area (Å²) in [7, 11) is 0. The standard InChI is InChI=1S/C13H19NO/c1-2-15-12-5-3-4-11(10-12)13(6-7-13)8-9-14/h3-5,10H,2,6-9,14H2,1H3. The van der Waals surface area contributed by atoms with Gasteiger partial charge in [0.15, 0.2) is 0 Å². The molecule has 2 N–H and O–H groups in total. The molecule has 1 fully saturated rings. The van der Waals surface area contributed by atoms with Crippen molar-refractivity contribution in [3.05, 3.63) is 29.8 Å². The van der Waals surface area contributed by atoms with Crippen molar-refractivity contribution in [2.45, 2.75) is 31.6 Å². The molecule has 0 radical (unpaired) electrons. The zero-order chi connectivity index (χ0) is 10.7. The third-order valence-corrected chi connectivity index (χ3v) is 3.23. The van der Waals surface area contributed by atoms with E-state index in [1.807, 2.05) is 13.0 Å². The SMILES string of the molecule is CCOc1cccc(C2(CCN)CC2)c1. The molecular weight excluding hydrogens is 186 g/mol. The van der Waals surface area contributed by atoms with Gasteiger partial charge in [0, 0.05) is 0 Å². The molecule has 2 rings (SSSR count). The quantitative estimate of drug-likeness (QED) is 0.801. The Morgan fingerprint density at radius 2 is 2.20 bits per heavy atom. The number of hydrogen-bond donors (Lipinski definition) is 1. The van der Waals surface area contributed by atoms with Gasteiger partial charge in [0.2, 0.25) is 0 Å². The number of benzene rings is 1. The van der Waals surface area contributed by atoms with Gasteiger partial charge in [-0.15, -0.1) is 0 Å². The molecule has 1 saturated carbocycles. The fraction of sp³-hybridized carbons (Fsp3) is 0.538. The molecule has 0 bridgehead atoms. The lowest BCUT2D eigenvalue weighted by atomic mass is 9.92. The van der Waals surface area contributed by atoms with Crippen molar-refractivity contribution < 1.29 is 4.74 Å². The molecule has 0 heterocycles. The molecule has 1 aliphatic rings. The number of ether oxygens (including phenoxy) is 1. The maximum atomic E-state index is 5.66. The summed E-state index contributed by atoms with van der Waals surface area (Å²) < 4.78 is 5.52. The van der Waals surface area contributed by atoms with E-state index in [1.54, 1.807) is 0 Å². The Morgan fingerprint density at radius 1 is 1.40 bits per heavy atom. The van der Waals surface area contributed by atoms with Gasteiger partial charge in [0.25, 0.3) is 0 Å². The first-order valence-corrected chi connectivity index (χ1v) is 5.74. The molecule has 0 spiro atoms. The van der Waals surface area contributed by atoms with Crippen LogP contribution in [0.15, 0.2) is 24.3 Å². The summed E-state index contributed by atoms with van der Waals surface area (Å²) in [6, 6.07) is 8.47. The second kappa shape index (κ2) is 4.23. The highest BCUT2D eigenvalue weighted by atomic mass is 16.5. The van der Waals surface area contributed by atoms with Crippen LogP contribution in [0.25, 0.3) is 0 Å². The van der Waals surface area contributed by atoms with Crippen molar-refractivity contribution in [3.8, 4) is 5.75 Å². The van der Waals surface area contributed by atoms with E-state index in [0.29, 0.717) is 5.41 Å². The summed E-state index contributed by atoms with van der Waals surface area (Å²) in [5, 5.41) is 0. The van der Waals surface area contributed by atoms with E-state index in [1.165, 1.54) is 18.4 Å². The van der Waals surface area contributed by atoms with Crippen LogP contribution in [0, 0.1) is 0 Å². The monoisotopic (exact) mass is 205 g/mol. The average Bonchev–Trinajstić information content (AvgIpc) is 3.01. The third kappa shape index (κ3) is 2.15. The van der Waals surface area contributed by atoms with Gasteiger partial charge in [-0.2, -0.15) is 0 Å². The molecule has 2 heteroatoms. The van der Waals surface area contributed by atoms with Crippen LogP contribution in [0.2, 0.25) is 0 Å². The molecule has 0 aromatic heterocycles. The van der Waals surface area contributed by atoms with Crippen LogP contribution in [0.5, 0.6) is 5.75 Å². The smallest absolute Gasteiger partial charge is 0.119 e. The lowest BCUT2D eigenvalue weighted by molar-refractivity contribution is 0.339. The first kappa shape index (κ1) is 10.5. The maximum absolute atomic E-state index is 5.66. The Labute approximate surface area is 91.4 Å². The minimum Gasteiger partial charge on any atom is -0.494 e. The molecule has 0 aliphatic heterocycles. The van der Waals surface area contributed by atoms with Gasteiger partial charge in [-0.1, -0.05) is 12.1 Å². The van der Waals surface area contributed by atoms with Crippen molar-refractivity contribution >= 4 is 0 Å². The molecule has 1 aromatic rings. The summed E-state index contributed by atoms with van der Waals surface area (Å²) in [5.41, 5.74) is 7.44. The van der Waals surface area contributed by atoms with Crippen molar-refractivity contribution in [2.75, 3.05) is 13.2 Å². The first-order valence-electron chi connectivity index (χ1n) is 5.74. The van der Waals surface area contributed by atoms with E-state index in [4.69, 9.17) is 10.5 Å². The van der Waals surface area contributed by atoms with E-state index in [0.717, 1.165) is 25.3 Å². The molecule has 15 heavy (non-hydrogen) atoms. The summed E-state index contributed by atoms with van der Waals surface area (Å²) in [6.07, 6.45) is 3.65. The van der Waals surface area contributed by atoms with E-state index >= 15 is 0 Å². The fourth-order valence-corrected chi connectivity index (χ4v) is 2.19. The van der Waals surface area contributed by atoms with E-state index in [2.05, 4.69) is 18.2 Å². The van der Waals surface area contributed by atoms with Crippen LogP contribution >= 0.6 is 0 Å². The third-order valence-electron chi connectivity index (χ3n) is 3.23. The lowest BCUT2D eigenvalue weighted by Crippen LogP contribution is -2.13. The number of rotatable bonds is 5. The first-order chi connectivity index (χ1) is 7.30. The summed E-state index contributed by atoms with van der Waals surface area (Å²) in [6.45, 7) is 3.52. The summed E-state index contributed by atoms with van der Waals surface area (Å²) >= 11 is 0. The summed E-state index contributed by atoms with van der Waals surface area (Å²) in [4.78, 5) is 0. The van der Waals surface area contributed by atoms with Gasteiger partial charge < -0.3 is 10.5 Å². The molecule has 82 valence electrons. The highest BCUT2D eigenvalue weighted by Gasteiger charge is 2.43. The van der Waals surface area contributed by atoms with Crippen molar-refractivity contribution in [1.29, 1.82) is 0 Å². The topological polar surface area (TPSA) is 35.2 Å². The van der Waals surface area contributed by atoms with Crippen LogP contribution in [0.3, 0.4) is 0 Å². The van der Waals surface area contributed by atoms with E-state index in [-0.39, 0.29) is 0 Å². The van der Waals surface area contributed by atoms with Gasteiger partial charge in [-0.05, 0) is 55.8 Å². The minimum absolute atomic E-state index is 0.377. The fourth-order valence-electron chi connectivity index (χ4n) is 2.19. The van der Waals surface area contributed by atoms with Crippen LogP contribution in [-0.2, 0) is 5.41 Å². The molecule has 0 amide bonds. The number of nitrogens with two attached hydrogens (primary N) is 1. The van der Waals surface area contributed by atoms with Crippen molar-refractivity contribution in [1.82, 2.24) is 0 Å². The van der Waals surface area contributed by atoms with Gasteiger partial charge in [0.05, 0.1) is 6.61 Å². The lowest BCUT2D eigenvalue weighted by Gasteiger charge is -2.15. The van der Waals surface area contributed by atoms with Crippen molar-refractivity contribution in [2.24, 2.45) is 5.73 Å². The number of hydrogen-bond acceptors (Lipinski definition) is 2. The minimum atomic E-state index is 0.377. The highest BCUT2D eigenvalue weighted by molar-refractivity contribution is 5.37. The van der Waals surface area contributed by atoms with Gasteiger partial charge in [0.1, 0.15) is 5.75 Å². The Morgan fingerprint density at radius 3 is 2.80 bits per heavy atom.